The summed E-state index contributed by atoms with van der Waals surface area (Å²) in [5.41, 5.74) is 3.31. The van der Waals surface area contributed by atoms with E-state index in [9.17, 15) is 9.59 Å². The SMILES string of the molecule is CCN1CCN(C(=O)[C@@H]2CC=CCC2)C[C@H](Cc2ccc(-c3cccnc3)cc2)C1=O. The van der Waals surface area contributed by atoms with Crippen LogP contribution < -0.4 is 0 Å². The maximum Gasteiger partial charge on any atom is 0.227 e. The van der Waals surface area contributed by atoms with Crippen molar-refractivity contribution in [3.63, 3.8) is 0 Å². The molecular weight excluding hydrogens is 386 g/mol. The van der Waals surface area contributed by atoms with Gasteiger partial charge in [0, 0.05) is 44.5 Å². The number of allylic oxidation sites excluding steroid dienone is 2. The summed E-state index contributed by atoms with van der Waals surface area (Å²) >= 11 is 0. The summed E-state index contributed by atoms with van der Waals surface area (Å²) in [6, 6.07) is 12.3. The van der Waals surface area contributed by atoms with E-state index in [4.69, 9.17) is 0 Å². The normalized spacial score (nSPS) is 21.8. The molecule has 0 unspecified atom stereocenters. The van der Waals surface area contributed by atoms with E-state index >= 15 is 0 Å². The van der Waals surface area contributed by atoms with Crippen LogP contribution in [0.4, 0.5) is 0 Å². The highest BCUT2D eigenvalue weighted by Gasteiger charge is 2.34. The molecule has 2 aromatic rings. The third-order valence-electron chi connectivity index (χ3n) is 6.48. The Balaban J connectivity index is 1.49. The van der Waals surface area contributed by atoms with Crippen LogP contribution in [0.15, 0.2) is 60.9 Å². The lowest BCUT2D eigenvalue weighted by Gasteiger charge is -2.28. The van der Waals surface area contributed by atoms with Crippen LogP contribution in [0.25, 0.3) is 11.1 Å². The van der Waals surface area contributed by atoms with Crippen molar-refractivity contribution in [2.24, 2.45) is 11.8 Å². The summed E-state index contributed by atoms with van der Waals surface area (Å²) in [5, 5.41) is 0. The summed E-state index contributed by atoms with van der Waals surface area (Å²) in [6.07, 6.45) is 11.3. The number of carbonyl (C=O) groups excluding carboxylic acids is 2. The first kappa shape index (κ1) is 21.3. The number of likely N-dealkylation sites (N-methyl/N-ethyl adjacent to an activating group) is 1. The van der Waals surface area contributed by atoms with Gasteiger partial charge in [0.25, 0.3) is 0 Å². The molecule has 2 heterocycles. The molecule has 0 saturated carbocycles. The maximum atomic E-state index is 13.2. The van der Waals surface area contributed by atoms with Crippen LogP contribution in [-0.4, -0.2) is 52.8 Å². The summed E-state index contributed by atoms with van der Waals surface area (Å²) < 4.78 is 0. The van der Waals surface area contributed by atoms with Gasteiger partial charge < -0.3 is 9.80 Å². The largest absolute Gasteiger partial charge is 0.341 e. The number of benzene rings is 1. The summed E-state index contributed by atoms with van der Waals surface area (Å²) in [5.74, 6) is 0.243. The monoisotopic (exact) mass is 417 g/mol. The van der Waals surface area contributed by atoms with E-state index < -0.39 is 0 Å². The average molecular weight is 418 g/mol. The minimum Gasteiger partial charge on any atom is -0.341 e. The number of aromatic nitrogens is 1. The molecule has 162 valence electrons. The van der Waals surface area contributed by atoms with Gasteiger partial charge in [-0.3, -0.25) is 14.6 Å². The summed E-state index contributed by atoms with van der Waals surface area (Å²) in [4.78, 5) is 34.4. The molecule has 0 spiro atoms. The van der Waals surface area contributed by atoms with Crippen LogP contribution in [0.3, 0.4) is 0 Å². The number of amides is 2. The van der Waals surface area contributed by atoms with Gasteiger partial charge in [0.1, 0.15) is 0 Å². The predicted octanol–water partition coefficient (Wildman–Crippen LogP) is 3.95. The number of pyridine rings is 1. The fraction of sp³-hybridized carbons (Fsp3) is 0.423. The standard InChI is InChI=1S/C26H31N3O2/c1-2-28-15-16-29(25(30)22-7-4-3-5-8-22)19-24(26(28)31)17-20-10-12-21(13-11-20)23-9-6-14-27-18-23/h3-4,6,9-14,18,22,24H,2,5,7-8,15-17,19H2,1H3/t22-,24+/m1/s1. The van der Waals surface area contributed by atoms with E-state index in [2.05, 4.69) is 41.4 Å². The van der Waals surface area contributed by atoms with Crippen molar-refractivity contribution >= 4 is 11.8 Å². The van der Waals surface area contributed by atoms with E-state index in [-0.39, 0.29) is 23.7 Å². The minimum absolute atomic E-state index is 0.0627. The Kier molecular flexibility index (Phi) is 6.80. The van der Waals surface area contributed by atoms with E-state index in [1.54, 1.807) is 6.20 Å². The van der Waals surface area contributed by atoms with E-state index in [0.717, 1.165) is 36.0 Å². The molecule has 1 aromatic carbocycles. The van der Waals surface area contributed by atoms with Gasteiger partial charge in [-0.15, -0.1) is 0 Å². The molecule has 31 heavy (non-hydrogen) atoms. The molecule has 2 amide bonds. The molecule has 1 aromatic heterocycles. The van der Waals surface area contributed by atoms with Gasteiger partial charge in [-0.2, -0.15) is 0 Å². The first-order chi connectivity index (χ1) is 15.2. The second-order valence-electron chi connectivity index (χ2n) is 8.52. The highest BCUT2D eigenvalue weighted by Crippen LogP contribution is 2.25. The van der Waals surface area contributed by atoms with Gasteiger partial charge in [0.05, 0.1) is 5.92 Å². The third kappa shape index (κ3) is 5.04. The van der Waals surface area contributed by atoms with Crippen molar-refractivity contribution in [2.75, 3.05) is 26.2 Å². The van der Waals surface area contributed by atoms with Gasteiger partial charge in [0.15, 0.2) is 0 Å². The van der Waals surface area contributed by atoms with Crippen molar-refractivity contribution < 1.29 is 9.59 Å². The molecule has 0 N–H and O–H groups in total. The first-order valence-corrected chi connectivity index (χ1v) is 11.4. The van der Waals surface area contributed by atoms with Gasteiger partial charge >= 0.3 is 0 Å². The van der Waals surface area contributed by atoms with Gasteiger partial charge in [-0.1, -0.05) is 42.5 Å². The summed E-state index contributed by atoms with van der Waals surface area (Å²) in [6.45, 7) is 4.47. The predicted molar refractivity (Wildman–Crippen MR) is 122 cm³/mol. The Bertz CT molecular complexity index is 923. The summed E-state index contributed by atoms with van der Waals surface area (Å²) in [7, 11) is 0. The fourth-order valence-corrected chi connectivity index (χ4v) is 4.64. The zero-order valence-corrected chi connectivity index (χ0v) is 18.2. The molecule has 0 bridgehead atoms. The van der Waals surface area contributed by atoms with Crippen LogP contribution in [0.5, 0.6) is 0 Å². The second kappa shape index (κ2) is 9.90. The molecular formula is C26H31N3O2. The highest BCUT2D eigenvalue weighted by atomic mass is 16.2. The highest BCUT2D eigenvalue weighted by molar-refractivity contribution is 5.83. The number of rotatable bonds is 5. The molecule has 1 aliphatic heterocycles. The molecule has 1 saturated heterocycles. The zero-order chi connectivity index (χ0) is 21.6. The lowest BCUT2D eigenvalue weighted by molar-refractivity contribution is -0.136. The maximum absolute atomic E-state index is 13.2. The van der Waals surface area contributed by atoms with Crippen LogP contribution in [-0.2, 0) is 16.0 Å². The molecule has 5 heteroatoms. The van der Waals surface area contributed by atoms with E-state index in [0.29, 0.717) is 32.6 Å². The molecule has 0 radical (unpaired) electrons. The Labute approximate surface area is 184 Å². The number of hydrogen-bond donors (Lipinski definition) is 0. The number of hydrogen-bond acceptors (Lipinski definition) is 3. The Morgan fingerprint density at radius 2 is 1.94 bits per heavy atom. The smallest absolute Gasteiger partial charge is 0.227 e. The molecule has 4 rings (SSSR count). The Hall–Kier alpha value is -2.95. The van der Waals surface area contributed by atoms with Crippen molar-refractivity contribution in [3.05, 3.63) is 66.5 Å². The zero-order valence-electron chi connectivity index (χ0n) is 18.2. The number of carbonyl (C=O) groups is 2. The number of nitrogens with zero attached hydrogens (tertiary/aromatic N) is 3. The minimum atomic E-state index is -0.199. The van der Waals surface area contributed by atoms with Crippen LogP contribution in [0, 0.1) is 11.8 Å². The van der Waals surface area contributed by atoms with Gasteiger partial charge in [-0.05, 0) is 55.4 Å². The van der Waals surface area contributed by atoms with E-state index in [1.807, 2.05) is 35.1 Å². The average Bonchev–Trinajstić information content (AvgIpc) is 2.99. The third-order valence-corrected chi connectivity index (χ3v) is 6.48. The van der Waals surface area contributed by atoms with Crippen molar-refractivity contribution in [3.8, 4) is 11.1 Å². The first-order valence-electron chi connectivity index (χ1n) is 11.4. The molecule has 2 atom stereocenters. The quantitative estimate of drug-likeness (QED) is 0.692. The van der Waals surface area contributed by atoms with Gasteiger partial charge in [-0.25, -0.2) is 0 Å². The van der Waals surface area contributed by atoms with Crippen molar-refractivity contribution in [2.45, 2.75) is 32.6 Å². The van der Waals surface area contributed by atoms with Crippen LogP contribution in [0.2, 0.25) is 0 Å². The fourth-order valence-electron chi connectivity index (χ4n) is 4.64. The Morgan fingerprint density at radius 3 is 2.61 bits per heavy atom. The molecule has 5 nitrogen and oxygen atoms in total. The molecule has 2 aliphatic rings. The van der Waals surface area contributed by atoms with Crippen LogP contribution in [0.1, 0.15) is 31.7 Å². The van der Waals surface area contributed by atoms with E-state index in [1.165, 1.54) is 0 Å². The molecule has 1 fully saturated rings. The lowest BCUT2D eigenvalue weighted by Crippen LogP contribution is -2.41. The lowest BCUT2D eigenvalue weighted by atomic mass is 9.92. The van der Waals surface area contributed by atoms with Crippen LogP contribution >= 0.6 is 0 Å². The topological polar surface area (TPSA) is 53.5 Å². The Morgan fingerprint density at radius 1 is 1.10 bits per heavy atom. The van der Waals surface area contributed by atoms with Gasteiger partial charge in [0.2, 0.25) is 11.8 Å². The second-order valence-corrected chi connectivity index (χ2v) is 8.52. The molecule has 1 aliphatic carbocycles. The van der Waals surface area contributed by atoms with Crippen molar-refractivity contribution in [1.29, 1.82) is 0 Å². The van der Waals surface area contributed by atoms with Crippen molar-refractivity contribution in [1.82, 2.24) is 14.8 Å².